The molecule has 6 heteroatoms. The number of para-hydroxylation sites is 1. The Morgan fingerprint density at radius 1 is 1.23 bits per heavy atom. The Morgan fingerprint density at radius 2 is 2.00 bits per heavy atom. The van der Waals surface area contributed by atoms with Gasteiger partial charge in [-0.2, -0.15) is 4.98 Å². The lowest BCUT2D eigenvalue weighted by Crippen LogP contribution is -2.35. The van der Waals surface area contributed by atoms with E-state index in [2.05, 4.69) is 39.1 Å². The molecule has 4 rings (SSSR count). The van der Waals surface area contributed by atoms with Gasteiger partial charge in [-0.15, -0.1) is 0 Å². The van der Waals surface area contributed by atoms with Crippen LogP contribution in [0.1, 0.15) is 24.8 Å². The standard InChI is InChI=1S/C20H18BrN3O2/c1-13-12-15-4-2-3-5-17(15)24(13)19(25)11-10-18-22-20(23-26-18)14-6-8-16(21)9-7-14/h2-9,13H,10-12H2,1H3. The maximum atomic E-state index is 12.7. The molecule has 0 fully saturated rings. The smallest absolute Gasteiger partial charge is 0.227 e. The van der Waals surface area contributed by atoms with E-state index in [0.29, 0.717) is 24.6 Å². The lowest BCUT2D eigenvalue weighted by molar-refractivity contribution is -0.118. The molecular formula is C20H18BrN3O2. The van der Waals surface area contributed by atoms with Crippen LogP contribution in [0.3, 0.4) is 0 Å². The Balaban J connectivity index is 1.43. The average Bonchev–Trinajstić information content (AvgIpc) is 3.24. The molecule has 0 aliphatic carbocycles. The summed E-state index contributed by atoms with van der Waals surface area (Å²) >= 11 is 3.41. The molecule has 0 saturated heterocycles. The van der Waals surface area contributed by atoms with Gasteiger partial charge >= 0.3 is 0 Å². The Bertz CT molecular complexity index is 936. The fraction of sp³-hybridized carbons (Fsp3) is 0.250. The third kappa shape index (κ3) is 3.29. The predicted molar refractivity (Wildman–Crippen MR) is 103 cm³/mol. The summed E-state index contributed by atoms with van der Waals surface area (Å²) in [6.45, 7) is 2.08. The summed E-state index contributed by atoms with van der Waals surface area (Å²) in [4.78, 5) is 19.0. The molecule has 5 nitrogen and oxygen atoms in total. The van der Waals surface area contributed by atoms with Crippen LogP contribution in [-0.2, 0) is 17.6 Å². The predicted octanol–water partition coefficient (Wildman–Crippen LogP) is 4.41. The number of carbonyl (C=O) groups is 1. The normalized spacial score (nSPS) is 15.9. The van der Waals surface area contributed by atoms with Gasteiger partial charge in [0.15, 0.2) is 0 Å². The highest BCUT2D eigenvalue weighted by molar-refractivity contribution is 9.10. The summed E-state index contributed by atoms with van der Waals surface area (Å²) in [6.07, 6.45) is 1.69. The van der Waals surface area contributed by atoms with E-state index in [0.717, 1.165) is 22.1 Å². The average molecular weight is 412 g/mol. The first-order chi connectivity index (χ1) is 12.6. The highest BCUT2D eigenvalue weighted by Crippen LogP contribution is 2.32. The van der Waals surface area contributed by atoms with Crippen molar-refractivity contribution in [2.24, 2.45) is 0 Å². The minimum atomic E-state index is 0.0887. The number of carbonyl (C=O) groups excluding carboxylic acids is 1. The van der Waals surface area contributed by atoms with Crippen molar-refractivity contribution < 1.29 is 9.32 Å². The second-order valence-electron chi connectivity index (χ2n) is 6.46. The van der Waals surface area contributed by atoms with E-state index in [1.54, 1.807) is 0 Å². The van der Waals surface area contributed by atoms with Gasteiger partial charge in [0.2, 0.25) is 17.6 Å². The van der Waals surface area contributed by atoms with Crippen LogP contribution >= 0.6 is 15.9 Å². The molecule has 1 atom stereocenters. The summed E-state index contributed by atoms with van der Waals surface area (Å²) in [7, 11) is 0. The Kier molecular flexibility index (Phi) is 4.59. The van der Waals surface area contributed by atoms with Crippen LogP contribution < -0.4 is 4.90 Å². The summed E-state index contributed by atoms with van der Waals surface area (Å²) in [5.41, 5.74) is 3.13. The van der Waals surface area contributed by atoms with Gasteiger partial charge in [0.25, 0.3) is 0 Å². The van der Waals surface area contributed by atoms with Crippen molar-refractivity contribution in [3.8, 4) is 11.4 Å². The Morgan fingerprint density at radius 3 is 2.81 bits per heavy atom. The van der Waals surface area contributed by atoms with Crippen molar-refractivity contribution in [3.63, 3.8) is 0 Å². The van der Waals surface area contributed by atoms with Gasteiger partial charge in [-0.1, -0.05) is 39.3 Å². The maximum Gasteiger partial charge on any atom is 0.227 e. The number of anilines is 1. The van der Waals surface area contributed by atoms with Crippen molar-refractivity contribution in [3.05, 3.63) is 64.5 Å². The van der Waals surface area contributed by atoms with Crippen molar-refractivity contribution in [1.82, 2.24) is 10.1 Å². The molecule has 3 aromatic rings. The van der Waals surface area contributed by atoms with Crippen LogP contribution in [0.15, 0.2) is 57.5 Å². The van der Waals surface area contributed by atoms with Gasteiger partial charge < -0.3 is 9.42 Å². The summed E-state index contributed by atoms with van der Waals surface area (Å²) in [6, 6.07) is 16.0. The third-order valence-corrected chi connectivity index (χ3v) is 5.13. The molecule has 1 aromatic heterocycles. The van der Waals surface area contributed by atoms with Gasteiger partial charge in [-0.25, -0.2) is 0 Å². The molecule has 0 saturated carbocycles. The highest BCUT2D eigenvalue weighted by Gasteiger charge is 2.30. The van der Waals surface area contributed by atoms with Crippen LogP contribution in [0.25, 0.3) is 11.4 Å². The van der Waals surface area contributed by atoms with E-state index in [1.807, 2.05) is 47.4 Å². The van der Waals surface area contributed by atoms with Crippen molar-refractivity contribution in [2.75, 3.05) is 4.90 Å². The van der Waals surface area contributed by atoms with E-state index in [9.17, 15) is 4.79 Å². The number of rotatable bonds is 4. The Hall–Kier alpha value is -2.47. The number of aryl methyl sites for hydroxylation is 1. The Labute approximate surface area is 160 Å². The summed E-state index contributed by atoms with van der Waals surface area (Å²) in [5.74, 6) is 1.11. The SMILES string of the molecule is CC1Cc2ccccc2N1C(=O)CCc1nc(-c2ccc(Br)cc2)no1. The number of amides is 1. The molecule has 1 aliphatic heterocycles. The molecule has 1 amide bonds. The van der Waals surface area contributed by atoms with Crippen molar-refractivity contribution in [1.29, 1.82) is 0 Å². The molecule has 26 heavy (non-hydrogen) atoms. The lowest BCUT2D eigenvalue weighted by atomic mass is 10.1. The number of benzene rings is 2. The zero-order chi connectivity index (χ0) is 18.1. The zero-order valence-electron chi connectivity index (χ0n) is 14.4. The van der Waals surface area contributed by atoms with Crippen LogP contribution in [0.5, 0.6) is 0 Å². The molecule has 0 spiro atoms. The van der Waals surface area contributed by atoms with E-state index in [1.165, 1.54) is 5.56 Å². The van der Waals surface area contributed by atoms with E-state index >= 15 is 0 Å². The topological polar surface area (TPSA) is 59.2 Å². The molecule has 2 heterocycles. The highest BCUT2D eigenvalue weighted by atomic mass is 79.9. The first kappa shape index (κ1) is 17.0. The van der Waals surface area contributed by atoms with E-state index in [-0.39, 0.29) is 11.9 Å². The van der Waals surface area contributed by atoms with Gasteiger partial charge in [-0.05, 0) is 49.2 Å². The molecule has 132 valence electrons. The third-order valence-electron chi connectivity index (χ3n) is 4.60. The monoisotopic (exact) mass is 411 g/mol. The quantitative estimate of drug-likeness (QED) is 0.637. The van der Waals surface area contributed by atoms with Crippen LogP contribution in [0.2, 0.25) is 0 Å². The lowest BCUT2D eigenvalue weighted by Gasteiger charge is -2.22. The van der Waals surface area contributed by atoms with Crippen LogP contribution in [-0.4, -0.2) is 22.1 Å². The van der Waals surface area contributed by atoms with Crippen molar-refractivity contribution in [2.45, 2.75) is 32.2 Å². The first-order valence-electron chi connectivity index (χ1n) is 8.60. The largest absolute Gasteiger partial charge is 0.339 e. The van der Waals surface area contributed by atoms with Crippen LogP contribution in [0.4, 0.5) is 5.69 Å². The molecule has 1 aliphatic rings. The molecule has 0 bridgehead atoms. The minimum absolute atomic E-state index is 0.0887. The van der Waals surface area contributed by atoms with Gasteiger partial charge in [0.1, 0.15) is 0 Å². The molecule has 2 aromatic carbocycles. The number of halogens is 1. The van der Waals surface area contributed by atoms with E-state index in [4.69, 9.17) is 4.52 Å². The zero-order valence-corrected chi connectivity index (χ0v) is 15.9. The number of hydrogen-bond donors (Lipinski definition) is 0. The second-order valence-corrected chi connectivity index (χ2v) is 7.38. The van der Waals surface area contributed by atoms with E-state index < -0.39 is 0 Å². The summed E-state index contributed by atoms with van der Waals surface area (Å²) in [5, 5.41) is 4.02. The molecule has 0 radical (unpaired) electrons. The number of hydrogen-bond acceptors (Lipinski definition) is 4. The summed E-state index contributed by atoms with van der Waals surface area (Å²) < 4.78 is 6.31. The fourth-order valence-corrected chi connectivity index (χ4v) is 3.62. The van der Waals surface area contributed by atoms with Gasteiger partial charge in [0.05, 0.1) is 0 Å². The molecule has 0 N–H and O–H groups in total. The van der Waals surface area contributed by atoms with Gasteiger partial charge in [-0.3, -0.25) is 4.79 Å². The number of fused-ring (bicyclic) bond motifs is 1. The number of nitrogens with zero attached hydrogens (tertiary/aromatic N) is 3. The van der Waals surface area contributed by atoms with Crippen molar-refractivity contribution >= 4 is 27.5 Å². The van der Waals surface area contributed by atoms with Crippen LogP contribution in [0, 0.1) is 0 Å². The first-order valence-corrected chi connectivity index (χ1v) is 9.39. The molecular weight excluding hydrogens is 394 g/mol. The second kappa shape index (κ2) is 7.03. The minimum Gasteiger partial charge on any atom is -0.339 e. The maximum absolute atomic E-state index is 12.7. The molecule has 1 unspecified atom stereocenters. The number of aromatic nitrogens is 2. The van der Waals surface area contributed by atoms with Gasteiger partial charge in [0, 0.05) is 34.6 Å². The fourth-order valence-electron chi connectivity index (χ4n) is 3.35.